The zero-order valence-corrected chi connectivity index (χ0v) is 18.7. The van der Waals surface area contributed by atoms with Crippen LogP contribution in [-0.2, 0) is 14.8 Å². The first-order chi connectivity index (χ1) is 15.5. The summed E-state index contributed by atoms with van der Waals surface area (Å²) in [6.45, 7) is 0.550. The Bertz CT molecular complexity index is 1050. The summed E-state index contributed by atoms with van der Waals surface area (Å²) < 4.78 is 69.6. The second-order valence-electron chi connectivity index (χ2n) is 7.94. The molecule has 3 rings (SSSR count). The lowest BCUT2D eigenvalue weighted by Gasteiger charge is -2.38. The number of nitrogens with one attached hydrogen (secondary N) is 1. The Morgan fingerprint density at radius 1 is 1.12 bits per heavy atom. The molecular formula is C22H25F3N2O5S. The number of alkyl halides is 3. The molecule has 0 saturated carbocycles. The monoisotopic (exact) mass is 486 g/mol. The number of carbonyl (C=O) groups is 1. The molecule has 0 bridgehead atoms. The van der Waals surface area contributed by atoms with Gasteiger partial charge in [0.25, 0.3) is 0 Å². The molecule has 1 saturated heterocycles. The van der Waals surface area contributed by atoms with E-state index in [9.17, 15) is 31.5 Å². The fraction of sp³-hybridized carbons (Fsp3) is 0.409. The number of aliphatic hydroxyl groups is 1. The first-order valence-electron chi connectivity index (χ1n) is 10.3. The van der Waals surface area contributed by atoms with E-state index in [4.69, 9.17) is 4.74 Å². The number of nitrogens with zero attached hydrogens (tertiary/aromatic N) is 1. The van der Waals surface area contributed by atoms with Crippen molar-refractivity contribution >= 4 is 21.6 Å². The number of anilines is 1. The van der Waals surface area contributed by atoms with Gasteiger partial charge in [0.05, 0.1) is 16.9 Å². The summed E-state index contributed by atoms with van der Waals surface area (Å²) in [5, 5.41) is 12.6. The maximum Gasteiger partial charge on any atom is 0.425 e. The van der Waals surface area contributed by atoms with Gasteiger partial charge in [0.2, 0.25) is 15.9 Å². The Hall–Kier alpha value is -2.63. The summed E-state index contributed by atoms with van der Waals surface area (Å²) in [6, 6.07) is 13.4. The van der Waals surface area contributed by atoms with E-state index in [0.717, 1.165) is 6.92 Å². The molecule has 0 radical (unpaired) electrons. The van der Waals surface area contributed by atoms with Crippen LogP contribution in [0.25, 0.3) is 0 Å². The summed E-state index contributed by atoms with van der Waals surface area (Å²) in [5.41, 5.74) is -0.859. The number of piperidine rings is 1. The van der Waals surface area contributed by atoms with Crippen LogP contribution in [0.3, 0.4) is 0 Å². The Morgan fingerprint density at radius 2 is 1.70 bits per heavy atom. The lowest BCUT2D eigenvalue weighted by Crippen LogP contribution is -2.50. The van der Waals surface area contributed by atoms with E-state index in [-0.39, 0.29) is 36.6 Å². The third-order valence-corrected chi connectivity index (χ3v) is 7.64. The number of hydrogen-bond donors (Lipinski definition) is 2. The molecule has 1 amide bonds. The number of rotatable bonds is 7. The predicted octanol–water partition coefficient (Wildman–Crippen LogP) is 3.42. The Kier molecular flexibility index (Phi) is 7.35. The molecule has 7 nitrogen and oxygen atoms in total. The van der Waals surface area contributed by atoms with Gasteiger partial charge < -0.3 is 15.2 Å². The van der Waals surface area contributed by atoms with Gasteiger partial charge >= 0.3 is 6.18 Å². The summed E-state index contributed by atoms with van der Waals surface area (Å²) >= 11 is 0. The van der Waals surface area contributed by atoms with Crippen LogP contribution < -0.4 is 10.1 Å². The standard InChI is InChI=1S/C22H25F3N2O5S/c1-16(22(23,24)25)32-18-9-7-17(8-10-18)26-20(29)21(15-28)11-13-27(14-12-21)33(30,31)19-5-3-2-4-6-19/h2-10,16,28H,11-15H2,1H3,(H,26,29). The Morgan fingerprint density at radius 3 is 2.21 bits per heavy atom. The van der Waals surface area contributed by atoms with Crippen molar-refractivity contribution in [3.8, 4) is 5.75 Å². The molecule has 0 aromatic heterocycles. The second-order valence-corrected chi connectivity index (χ2v) is 9.87. The largest absolute Gasteiger partial charge is 0.481 e. The molecule has 2 N–H and O–H groups in total. The van der Waals surface area contributed by atoms with Gasteiger partial charge in [-0.3, -0.25) is 4.79 Å². The molecule has 1 unspecified atom stereocenters. The molecule has 2 aromatic rings. The lowest BCUT2D eigenvalue weighted by molar-refractivity contribution is -0.189. The molecule has 180 valence electrons. The summed E-state index contributed by atoms with van der Waals surface area (Å²) in [5.74, 6) is -0.492. The van der Waals surface area contributed by atoms with E-state index < -0.39 is 40.2 Å². The van der Waals surface area contributed by atoms with Crippen molar-refractivity contribution in [2.75, 3.05) is 25.0 Å². The fourth-order valence-corrected chi connectivity index (χ4v) is 4.97. The number of ether oxygens (including phenoxy) is 1. The van der Waals surface area contributed by atoms with Gasteiger partial charge in [-0.05, 0) is 56.2 Å². The average Bonchev–Trinajstić information content (AvgIpc) is 2.80. The van der Waals surface area contributed by atoms with Crippen LogP contribution in [0.4, 0.5) is 18.9 Å². The summed E-state index contributed by atoms with van der Waals surface area (Å²) in [4.78, 5) is 13.1. The van der Waals surface area contributed by atoms with Crippen LogP contribution in [0.2, 0.25) is 0 Å². The van der Waals surface area contributed by atoms with Gasteiger partial charge in [0.1, 0.15) is 5.75 Å². The Labute approximate surface area is 190 Å². The van der Waals surface area contributed by atoms with Crippen LogP contribution in [0.1, 0.15) is 19.8 Å². The number of sulfonamides is 1. The van der Waals surface area contributed by atoms with Crippen molar-refractivity contribution in [2.45, 2.75) is 36.9 Å². The summed E-state index contributed by atoms with van der Waals surface area (Å²) in [6.07, 6.45) is -6.24. The highest BCUT2D eigenvalue weighted by atomic mass is 32.2. The van der Waals surface area contributed by atoms with Crippen LogP contribution in [0, 0.1) is 5.41 Å². The normalized spacial score (nSPS) is 17.8. The van der Waals surface area contributed by atoms with Crippen LogP contribution in [0.15, 0.2) is 59.5 Å². The smallest absolute Gasteiger partial charge is 0.425 e. The van der Waals surface area contributed by atoms with Crippen molar-refractivity contribution in [2.24, 2.45) is 5.41 Å². The highest BCUT2D eigenvalue weighted by Gasteiger charge is 2.43. The molecule has 1 aliphatic rings. The maximum absolute atomic E-state index is 12.9. The molecule has 1 fully saturated rings. The molecule has 1 aliphatic heterocycles. The molecule has 33 heavy (non-hydrogen) atoms. The second kappa shape index (κ2) is 9.70. The van der Waals surface area contributed by atoms with E-state index in [0.29, 0.717) is 5.69 Å². The number of hydrogen-bond acceptors (Lipinski definition) is 5. The van der Waals surface area contributed by atoms with Crippen LogP contribution in [-0.4, -0.2) is 55.7 Å². The van der Waals surface area contributed by atoms with E-state index >= 15 is 0 Å². The van der Waals surface area contributed by atoms with Crippen molar-refractivity contribution in [1.29, 1.82) is 0 Å². The lowest BCUT2D eigenvalue weighted by atomic mass is 9.78. The molecule has 2 aromatic carbocycles. The molecule has 11 heteroatoms. The number of benzene rings is 2. The molecule has 0 spiro atoms. The fourth-order valence-electron chi connectivity index (χ4n) is 3.50. The van der Waals surface area contributed by atoms with Crippen molar-refractivity contribution in [1.82, 2.24) is 4.31 Å². The number of aliphatic hydroxyl groups excluding tert-OH is 1. The van der Waals surface area contributed by atoms with E-state index in [1.807, 2.05) is 0 Å². The van der Waals surface area contributed by atoms with Crippen LogP contribution >= 0.6 is 0 Å². The number of amides is 1. The van der Waals surface area contributed by atoms with Gasteiger partial charge in [-0.1, -0.05) is 18.2 Å². The average molecular weight is 487 g/mol. The third kappa shape index (κ3) is 5.66. The first-order valence-corrected chi connectivity index (χ1v) is 11.7. The van der Waals surface area contributed by atoms with E-state index in [1.54, 1.807) is 18.2 Å². The topological polar surface area (TPSA) is 95.9 Å². The maximum atomic E-state index is 12.9. The van der Waals surface area contributed by atoms with Gasteiger partial charge in [-0.15, -0.1) is 0 Å². The molecule has 1 atom stereocenters. The number of halogens is 3. The van der Waals surface area contributed by atoms with Gasteiger partial charge in [0, 0.05) is 18.8 Å². The van der Waals surface area contributed by atoms with Crippen molar-refractivity contribution in [3.63, 3.8) is 0 Å². The first kappa shape index (κ1) is 25.0. The van der Waals surface area contributed by atoms with Gasteiger partial charge in [-0.25, -0.2) is 8.42 Å². The van der Waals surface area contributed by atoms with E-state index in [1.165, 1.54) is 40.7 Å². The molecule has 1 heterocycles. The van der Waals surface area contributed by atoms with Crippen LogP contribution in [0.5, 0.6) is 5.75 Å². The highest BCUT2D eigenvalue weighted by Crippen LogP contribution is 2.35. The number of carbonyl (C=O) groups excluding carboxylic acids is 1. The van der Waals surface area contributed by atoms with Crippen molar-refractivity contribution < 1.29 is 36.2 Å². The Balaban J connectivity index is 1.64. The minimum atomic E-state index is -4.50. The SMILES string of the molecule is CC(Oc1ccc(NC(=O)C2(CO)CCN(S(=O)(=O)c3ccccc3)CC2)cc1)C(F)(F)F. The minimum Gasteiger partial charge on any atom is -0.481 e. The predicted molar refractivity (Wildman–Crippen MR) is 115 cm³/mol. The third-order valence-electron chi connectivity index (χ3n) is 5.73. The van der Waals surface area contributed by atoms with E-state index in [2.05, 4.69) is 5.32 Å². The van der Waals surface area contributed by atoms with Gasteiger partial charge in [0.15, 0.2) is 6.10 Å². The molecular weight excluding hydrogens is 461 g/mol. The summed E-state index contributed by atoms with van der Waals surface area (Å²) in [7, 11) is -3.70. The zero-order valence-electron chi connectivity index (χ0n) is 17.9. The quantitative estimate of drug-likeness (QED) is 0.625. The zero-order chi connectivity index (χ0) is 24.3. The van der Waals surface area contributed by atoms with Gasteiger partial charge in [-0.2, -0.15) is 17.5 Å². The molecule has 0 aliphatic carbocycles. The van der Waals surface area contributed by atoms with Crippen molar-refractivity contribution in [3.05, 3.63) is 54.6 Å². The highest BCUT2D eigenvalue weighted by molar-refractivity contribution is 7.89. The minimum absolute atomic E-state index is 0.00544.